The topological polar surface area (TPSA) is 98.8 Å². The molecule has 4 amide bonds. The third kappa shape index (κ3) is 3.60. The van der Waals surface area contributed by atoms with Gasteiger partial charge in [0.05, 0.1) is 6.26 Å². The van der Waals surface area contributed by atoms with Crippen LogP contribution in [0.25, 0.3) is 0 Å². The number of imide groups is 1. The highest BCUT2D eigenvalue weighted by Crippen LogP contribution is 2.18. The van der Waals surface area contributed by atoms with Crippen LogP contribution in [0.1, 0.15) is 12.8 Å². The molecule has 2 rings (SSSR count). The molecule has 0 aromatic rings. The van der Waals surface area contributed by atoms with Crippen LogP contribution in [-0.2, 0) is 10.0 Å². The van der Waals surface area contributed by atoms with Crippen molar-refractivity contribution in [3.05, 3.63) is 0 Å². The monoisotopic (exact) mass is 304 g/mol. The molecule has 9 heteroatoms. The van der Waals surface area contributed by atoms with E-state index in [-0.39, 0.29) is 18.0 Å². The molecule has 20 heavy (non-hydrogen) atoms. The number of rotatable bonds is 3. The number of sulfonamides is 1. The van der Waals surface area contributed by atoms with Gasteiger partial charge in [-0.05, 0) is 18.8 Å². The Balaban J connectivity index is 1.74. The van der Waals surface area contributed by atoms with Gasteiger partial charge in [-0.15, -0.1) is 0 Å². The Morgan fingerprint density at radius 1 is 1.35 bits per heavy atom. The van der Waals surface area contributed by atoms with Gasteiger partial charge >= 0.3 is 12.1 Å². The average molecular weight is 304 g/mol. The fourth-order valence-corrected chi connectivity index (χ4v) is 3.31. The van der Waals surface area contributed by atoms with E-state index in [0.717, 1.165) is 17.7 Å². The maximum Gasteiger partial charge on any atom is 0.325 e. The Labute approximate surface area is 118 Å². The molecule has 0 aliphatic carbocycles. The number of carbonyl (C=O) groups is 2. The van der Waals surface area contributed by atoms with Crippen molar-refractivity contribution >= 4 is 22.1 Å². The van der Waals surface area contributed by atoms with Gasteiger partial charge < -0.3 is 10.6 Å². The van der Waals surface area contributed by atoms with Crippen molar-refractivity contribution in [2.45, 2.75) is 12.8 Å². The third-order valence-corrected chi connectivity index (χ3v) is 4.99. The minimum atomic E-state index is -3.12. The predicted octanol–water partition coefficient (Wildman–Crippen LogP) is -0.607. The molecular formula is C11H20N4O4S. The van der Waals surface area contributed by atoms with Crippen LogP contribution < -0.4 is 10.6 Å². The number of hydrogen-bond donors (Lipinski definition) is 2. The Bertz CT molecular complexity index is 485. The largest absolute Gasteiger partial charge is 0.337 e. The summed E-state index contributed by atoms with van der Waals surface area (Å²) in [4.78, 5) is 24.2. The van der Waals surface area contributed by atoms with Crippen molar-refractivity contribution in [2.75, 3.05) is 39.0 Å². The van der Waals surface area contributed by atoms with Crippen molar-refractivity contribution < 1.29 is 18.0 Å². The highest BCUT2D eigenvalue weighted by Gasteiger charge is 2.28. The van der Waals surface area contributed by atoms with Gasteiger partial charge in [-0.3, -0.25) is 0 Å². The summed E-state index contributed by atoms with van der Waals surface area (Å²) in [5.41, 5.74) is 0. The summed E-state index contributed by atoms with van der Waals surface area (Å²) in [6.07, 6.45) is 2.65. The molecule has 2 aliphatic rings. The summed E-state index contributed by atoms with van der Waals surface area (Å²) in [7, 11) is -3.12. The van der Waals surface area contributed by atoms with Crippen molar-refractivity contribution in [3.63, 3.8) is 0 Å². The molecule has 2 heterocycles. The highest BCUT2D eigenvalue weighted by atomic mass is 32.2. The molecule has 0 radical (unpaired) electrons. The van der Waals surface area contributed by atoms with Crippen LogP contribution in [0.2, 0.25) is 0 Å². The van der Waals surface area contributed by atoms with E-state index in [4.69, 9.17) is 0 Å². The van der Waals surface area contributed by atoms with E-state index in [2.05, 4.69) is 10.6 Å². The van der Waals surface area contributed by atoms with Crippen LogP contribution in [0.5, 0.6) is 0 Å². The quantitative estimate of drug-likeness (QED) is 0.727. The summed E-state index contributed by atoms with van der Waals surface area (Å²) in [5, 5.41) is 5.30. The molecule has 0 saturated carbocycles. The van der Waals surface area contributed by atoms with Crippen LogP contribution in [0.15, 0.2) is 0 Å². The van der Waals surface area contributed by atoms with E-state index in [0.29, 0.717) is 32.7 Å². The minimum absolute atomic E-state index is 0.252. The molecular weight excluding hydrogens is 284 g/mol. The molecule has 2 saturated heterocycles. The standard InChI is InChI=1S/C11H20N4O4S/c1-20(18,19)14-5-2-9(3-6-14)8-13-11(17)15-7-4-12-10(15)16/h9H,2-8H2,1H3,(H,12,16)(H,13,17). The lowest BCUT2D eigenvalue weighted by Gasteiger charge is -2.30. The first kappa shape index (κ1) is 15.0. The Morgan fingerprint density at radius 2 is 2.00 bits per heavy atom. The summed E-state index contributed by atoms with van der Waals surface area (Å²) >= 11 is 0. The van der Waals surface area contributed by atoms with Gasteiger partial charge in [-0.2, -0.15) is 0 Å². The fraction of sp³-hybridized carbons (Fsp3) is 0.818. The second-order valence-electron chi connectivity index (χ2n) is 5.18. The number of hydrogen-bond acceptors (Lipinski definition) is 4. The zero-order valence-corrected chi connectivity index (χ0v) is 12.3. The van der Waals surface area contributed by atoms with Gasteiger partial charge in [0.25, 0.3) is 0 Å². The maximum atomic E-state index is 11.8. The van der Waals surface area contributed by atoms with E-state index < -0.39 is 10.0 Å². The number of nitrogens with zero attached hydrogens (tertiary/aromatic N) is 2. The second kappa shape index (κ2) is 5.96. The predicted molar refractivity (Wildman–Crippen MR) is 72.6 cm³/mol. The molecule has 2 aliphatic heterocycles. The molecule has 0 atom stereocenters. The van der Waals surface area contributed by atoms with Crippen molar-refractivity contribution in [3.8, 4) is 0 Å². The lowest BCUT2D eigenvalue weighted by molar-refractivity contribution is 0.194. The Kier molecular flexibility index (Phi) is 4.48. The summed E-state index contributed by atoms with van der Waals surface area (Å²) in [6.45, 7) is 2.32. The van der Waals surface area contributed by atoms with Crippen LogP contribution in [-0.4, -0.2) is 68.7 Å². The molecule has 0 bridgehead atoms. The van der Waals surface area contributed by atoms with Gasteiger partial charge in [0.2, 0.25) is 10.0 Å². The summed E-state index contributed by atoms with van der Waals surface area (Å²) in [5.74, 6) is 0.252. The summed E-state index contributed by atoms with van der Waals surface area (Å²) in [6, 6.07) is -0.750. The van der Waals surface area contributed by atoms with Crippen molar-refractivity contribution in [1.29, 1.82) is 0 Å². The zero-order valence-electron chi connectivity index (χ0n) is 11.5. The third-order valence-electron chi connectivity index (χ3n) is 3.69. The Morgan fingerprint density at radius 3 is 2.50 bits per heavy atom. The van der Waals surface area contributed by atoms with E-state index in [1.807, 2.05) is 0 Å². The van der Waals surface area contributed by atoms with Gasteiger partial charge in [-0.25, -0.2) is 27.2 Å². The SMILES string of the molecule is CS(=O)(=O)N1CCC(CNC(=O)N2CCNC2=O)CC1. The molecule has 2 fully saturated rings. The molecule has 0 aromatic heterocycles. The van der Waals surface area contributed by atoms with Crippen LogP contribution in [0.3, 0.4) is 0 Å². The maximum absolute atomic E-state index is 11.8. The number of urea groups is 2. The zero-order chi connectivity index (χ0) is 14.8. The molecule has 114 valence electrons. The van der Waals surface area contributed by atoms with Gasteiger partial charge in [0.15, 0.2) is 0 Å². The number of amides is 4. The number of nitrogens with one attached hydrogen (secondary N) is 2. The first-order chi connectivity index (χ1) is 9.38. The van der Waals surface area contributed by atoms with E-state index in [9.17, 15) is 18.0 Å². The first-order valence-corrected chi connectivity index (χ1v) is 8.51. The van der Waals surface area contributed by atoms with Crippen LogP contribution in [0.4, 0.5) is 9.59 Å². The second-order valence-corrected chi connectivity index (χ2v) is 7.16. The lowest BCUT2D eigenvalue weighted by atomic mass is 9.98. The fourth-order valence-electron chi connectivity index (χ4n) is 2.44. The van der Waals surface area contributed by atoms with E-state index in [1.165, 1.54) is 10.6 Å². The Hall–Kier alpha value is -1.35. The summed E-state index contributed by atoms with van der Waals surface area (Å²) < 4.78 is 24.2. The van der Waals surface area contributed by atoms with E-state index >= 15 is 0 Å². The molecule has 0 aromatic carbocycles. The first-order valence-electron chi connectivity index (χ1n) is 6.66. The van der Waals surface area contributed by atoms with E-state index in [1.54, 1.807) is 0 Å². The van der Waals surface area contributed by atoms with Gasteiger partial charge in [-0.1, -0.05) is 0 Å². The highest BCUT2D eigenvalue weighted by molar-refractivity contribution is 7.88. The van der Waals surface area contributed by atoms with Crippen LogP contribution in [0, 0.1) is 5.92 Å². The average Bonchev–Trinajstić information content (AvgIpc) is 2.82. The smallest absolute Gasteiger partial charge is 0.325 e. The minimum Gasteiger partial charge on any atom is -0.337 e. The van der Waals surface area contributed by atoms with Crippen molar-refractivity contribution in [1.82, 2.24) is 19.8 Å². The molecule has 0 spiro atoms. The van der Waals surface area contributed by atoms with Crippen molar-refractivity contribution in [2.24, 2.45) is 5.92 Å². The number of carbonyl (C=O) groups excluding carboxylic acids is 2. The van der Waals surface area contributed by atoms with Gasteiger partial charge in [0, 0.05) is 32.7 Å². The molecule has 2 N–H and O–H groups in total. The van der Waals surface area contributed by atoms with Gasteiger partial charge in [0.1, 0.15) is 0 Å². The van der Waals surface area contributed by atoms with Crippen LogP contribution >= 0.6 is 0 Å². The molecule has 8 nitrogen and oxygen atoms in total. The normalized spacial score (nSPS) is 21.9. The molecule has 0 unspecified atom stereocenters. The lowest BCUT2D eigenvalue weighted by Crippen LogP contribution is -2.45. The number of piperidine rings is 1.